The van der Waals surface area contributed by atoms with E-state index >= 15 is 0 Å². The lowest BCUT2D eigenvalue weighted by atomic mass is 10.0. The number of rotatable bonds is 1. The Morgan fingerprint density at radius 2 is 1.82 bits per heavy atom. The van der Waals surface area contributed by atoms with Gasteiger partial charge in [0.1, 0.15) is 5.60 Å². The normalized spacial score (nSPS) is 32.4. The second-order valence-electron chi connectivity index (χ2n) is 6.37. The number of carbonyl (C=O) groups excluding carboxylic acids is 1. The number of likely N-dealkylation sites (tertiary alicyclic amines) is 1. The van der Waals surface area contributed by atoms with Crippen LogP contribution in [0.4, 0.5) is 4.79 Å². The molecule has 0 N–H and O–H groups in total. The van der Waals surface area contributed by atoms with Gasteiger partial charge in [0, 0.05) is 13.1 Å². The van der Waals surface area contributed by atoms with Crippen molar-refractivity contribution in [2.45, 2.75) is 39.2 Å². The number of amides is 1. The SMILES string of the molecule is C=CC1C[C@@H]2CN(C(=O)OC(C)(C)C)C[C@@H]2C1. The summed E-state index contributed by atoms with van der Waals surface area (Å²) in [5.74, 6) is 1.97. The molecular formula is C14H23NO2. The van der Waals surface area contributed by atoms with Gasteiger partial charge in [-0.1, -0.05) is 6.08 Å². The van der Waals surface area contributed by atoms with Crippen molar-refractivity contribution in [1.29, 1.82) is 0 Å². The van der Waals surface area contributed by atoms with Gasteiger partial charge in [0.2, 0.25) is 0 Å². The number of hydrogen-bond donors (Lipinski definition) is 0. The molecule has 0 radical (unpaired) electrons. The van der Waals surface area contributed by atoms with E-state index in [1.807, 2.05) is 25.7 Å². The molecule has 3 nitrogen and oxygen atoms in total. The van der Waals surface area contributed by atoms with Crippen LogP contribution < -0.4 is 0 Å². The van der Waals surface area contributed by atoms with E-state index < -0.39 is 5.60 Å². The van der Waals surface area contributed by atoms with Crippen molar-refractivity contribution >= 4 is 6.09 Å². The van der Waals surface area contributed by atoms with Crippen LogP contribution in [-0.2, 0) is 4.74 Å². The first-order valence-electron chi connectivity index (χ1n) is 6.49. The average Bonchev–Trinajstić information content (AvgIpc) is 2.70. The summed E-state index contributed by atoms with van der Waals surface area (Å²) in [4.78, 5) is 13.8. The Morgan fingerprint density at radius 3 is 2.24 bits per heavy atom. The first-order valence-corrected chi connectivity index (χ1v) is 6.49. The third-order valence-electron chi connectivity index (χ3n) is 3.77. The predicted molar refractivity (Wildman–Crippen MR) is 67.7 cm³/mol. The van der Waals surface area contributed by atoms with Gasteiger partial charge in [0.15, 0.2) is 0 Å². The zero-order chi connectivity index (χ0) is 12.6. The number of ether oxygens (including phenoxy) is 1. The summed E-state index contributed by atoms with van der Waals surface area (Å²) in [6, 6.07) is 0. The zero-order valence-electron chi connectivity index (χ0n) is 11.1. The zero-order valence-corrected chi connectivity index (χ0v) is 11.1. The van der Waals surface area contributed by atoms with Crippen LogP contribution in [0.25, 0.3) is 0 Å². The van der Waals surface area contributed by atoms with E-state index in [-0.39, 0.29) is 6.09 Å². The van der Waals surface area contributed by atoms with Crippen molar-refractivity contribution in [3.8, 4) is 0 Å². The number of nitrogens with zero attached hydrogens (tertiary/aromatic N) is 1. The van der Waals surface area contributed by atoms with E-state index in [2.05, 4.69) is 12.7 Å². The van der Waals surface area contributed by atoms with Gasteiger partial charge in [-0.2, -0.15) is 0 Å². The van der Waals surface area contributed by atoms with Crippen molar-refractivity contribution < 1.29 is 9.53 Å². The minimum absolute atomic E-state index is 0.151. The fraction of sp³-hybridized carbons (Fsp3) is 0.786. The van der Waals surface area contributed by atoms with E-state index in [0.29, 0.717) is 17.8 Å². The molecular weight excluding hydrogens is 214 g/mol. The quantitative estimate of drug-likeness (QED) is 0.656. The molecule has 1 aliphatic heterocycles. The Morgan fingerprint density at radius 1 is 1.29 bits per heavy atom. The average molecular weight is 237 g/mol. The van der Waals surface area contributed by atoms with Crippen LogP contribution in [0.3, 0.4) is 0 Å². The lowest BCUT2D eigenvalue weighted by Crippen LogP contribution is -2.36. The second-order valence-corrected chi connectivity index (χ2v) is 6.37. The minimum atomic E-state index is -0.390. The monoisotopic (exact) mass is 237 g/mol. The Bertz CT molecular complexity index is 305. The summed E-state index contributed by atoms with van der Waals surface area (Å²) in [5.41, 5.74) is -0.390. The third-order valence-corrected chi connectivity index (χ3v) is 3.77. The molecule has 0 aromatic rings. The Balaban J connectivity index is 1.88. The number of allylic oxidation sites excluding steroid dienone is 1. The van der Waals surface area contributed by atoms with Gasteiger partial charge in [-0.15, -0.1) is 6.58 Å². The van der Waals surface area contributed by atoms with E-state index in [1.165, 1.54) is 12.8 Å². The molecule has 2 rings (SSSR count). The summed E-state index contributed by atoms with van der Waals surface area (Å²) in [5, 5.41) is 0. The third kappa shape index (κ3) is 2.82. The maximum atomic E-state index is 11.9. The highest BCUT2D eigenvalue weighted by Gasteiger charge is 2.42. The second kappa shape index (κ2) is 4.35. The summed E-state index contributed by atoms with van der Waals surface area (Å²) in [7, 11) is 0. The number of carbonyl (C=O) groups is 1. The molecule has 3 atom stereocenters. The van der Waals surface area contributed by atoms with Crippen LogP contribution >= 0.6 is 0 Å². The summed E-state index contributed by atoms with van der Waals surface area (Å²) >= 11 is 0. The van der Waals surface area contributed by atoms with Crippen molar-refractivity contribution in [1.82, 2.24) is 4.90 Å². The molecule has 96 valence electrons. The fourth-order valence-corrected chi connectivity index (χ4v) is 3.01. The molecule has 1 saturated heterocycles. The van der Waals surface area contributed by atoms with E-state index in [0.717, 1.165) is 13.1 Å². The highest BCUT2D eigenvalue weighted by atomic mass is 16.6. The van der Waals surface area contributed by atoms with Crippen LogP contribution in [0.15, 0.2) is 12.7 Å². The molecule has 2 aliphatic rings. The number of fused-ring (bicyclic) bond motifs is 1. The fourth-order valence-electron chi connectivity index (χ4n) is 3.01. The molecule has 1 unspecified atom stereocenters. The van der Waals surface area contributed by atoms with Gasteiger partial charge in [-0.05, 0) is 51.4 Å². The molecule has 0 aromatic heterocycles. The summed E-state index contributed by atoms with van der Waals surface area (Å²) in [6.45, 7) is 11.3. The highest BCUT2D eigenvalue weighted by Crippen LogP contribution is 2.42. The van der Waals surface area contributed by atoms with Crippen LogP contribution in [-0.4, -0.2) is 29.7 Å². The van der Waals surface area contributed by atoms with Crippen molar-refractivity contribution in [3.05, 3.63) is 12.7 Å². The van der Waals surface area contributed by atoms with Gasteiger partial charge in [0.05, 0.1) is 0 Å². The van der Waals surface area contributed by atoms with Gasteiger partial charge < -0.3 is 9.64 Å². The Hall–Kier alpha value is -0.990. The lowest BCUT2D eigenvalue weighted by Gasteiger charge is -2.25. The standard InChI is InChI=1S/C14H23NO2/c1-5-10-6-11-8-15(9-12(11)7-10)13(16)17-14(2,3)4/h5,10-12H,1,6-9H2,2-4H3/t10?,11-,12+. The Labute approximate surface area is 104 Å². The molecule has 3 heteroatoms. The largest absolute Gasteiger partial charge is 0.444 e. The van der Waals surface area contributed by atoms with E-state index in [9.17, 15) is 4.79 Å². The lowest BCUT2D eigenvalue weighted by molar-refractivity contribution is 0.0279. The van der Waals surface area contributed by atoms with Crippen LogP contribution in [0.5, 0.6) is 0 Å². The van der Waals surface area contributed by atoms with Crippen molar-refractivity contribution in [2.75, 3.05) is 13.1 Å². The molecule has 0 spiro atoms. The first-order chi connectivity index (χ1) is 7.89. The number of hydrogen-bond acceptors (Lipinski definition) is 2. The first kappa shape index (κ1) is 12.5. The maximum Gasteiger partial charge on any atom is 0.410 e. The van der Waals surface area contributed by atoms with E-state index in [1.54, 1.807) is 0 Å². The minimum Gasteiger partial charge on any atom is -0.444 e. The molecule has 1 heterocycles. The molecule has 1 aliphatic carbocycles. The van der Waals surface area contributed by atoms with Crippen molar-refractivity contribution in [3.63, 3.8) is 0 Å². The van der Waals surface area contributed by atoms with Gasteiger partial charge >= 0.3 is 6.09 Å². The van der Waals surface area contributed by atoms with Gasteiger partial charge in [-0.25, -0.2) is 4.79 Å². The smallest absolute Gasteiger partial charge is 0.410 e. The van der Waals surface area contributed by atoms with Crippen LogP contribution in [0, 0.1) is 17.8 Å². The Kier molecular flexibility index (Phi) is 3.19. The molecule has 0 bridgehead atoms. The predicted octanol–water partition coefficient (Wildman–Crippen LogP) is 3.07. The molecule has 2 fully saturated rings. The van der Waals surface area contributed by atoms with E-state index in [4.69, 9.17) is 4.74 Å². The van der Waals surface area contributed by atoms with Crippen LogP contribution in [0.2, 0.25) is 0 Å². The molecule has 1 amide bonds. The summed E-state index contributed by atoms with van der Waals surface area (Å²) < 4.78 is 5.41. The maximum absolute atomic E-state index is 11.9. The summed E-state index contributed by atoms with van der Waals surface area (Å²) in [6.07, 6.45) is 4.29. The van der Waals surface area contributed by atoms with Crippen LogP contribution in [0.1, 0.15) is 33.6 Å². The molecule has 17 heavy (non-hydrogen) atoms. The van der Waals surface area contributed by atoms with Gasteiger partial charge in [-0.3, -0.25) is 0 Å². The van der Waals surface area contributed by atoms with Crippen molar-refractivity contribution in [2.24, 2.45) is 17.8 Å². The topological polar surface area (TPSA) is 29.5 Å². The molecule has 1 saturated carbocycles. The highest BCUT2D eigenvalue weighted by molar-refractivity contribution is 5.68. The van der Waals surface area contributed by atoms with Gasteiger partial charge in [0.25, 0.3) is 0 Å². The molecule has 0 aromatic carbocycles.